The van der Waals surface area contributed by atoms with Gasteiger partial charge in [-0.1, -0.05) is 41.4 Å². The summed E-state index contributed by atoms with van der Waals surface area (Å²) in [5.74, 6) is -0.163. The quantitative estimate of drug-likeness (QED) is 0.421. The fraction of sp³-hybridized carbons (Fsp3) is 0.292. The lowest BCUT2D eigenvalue weighted by molar-refractivity contribution is 0.0684. The Labute approximate surface area is 182 Å². The van der Waals surface area contributed by atoms with Crippen LogP contribution < -0.4 is 10.1 Å². The Balaban J connectivity index is 1.57. The minimum atomic E-state index is -0.941. The number of nitrogens with zero attached hydrogens (tertiary/aromatic N) is 1. The van der Waals surface area contributed by atoms with Crippen molar-refractivity contribution in [2.75, 3.05) is 11.9 Å². The van der Waals surface area contributed by atoms with E-state index in [4.69, 9.17) is 16.3 Å². The maximum atomic E-state index is 11.6. The van der Waals surface area contributed by atoms with Crippen molar-refractivity contribution < 1.29 is 14.6 Å². The third-order valence-electron chi connectivity index (χ3n) is 4.95. The Morgan fingerprint density at radius 3 is 2.40 bits per heavy atom. The monoisotopic (exact) mass is 426 g/mol. The molecule has 6 heteroatoms. The van der Waals surface area contributed by atoms with E-state index in [1.165, 1.54) is 5.56 Å². The number of aromatic carboxylic acids is 1. The summed E-state index contributed by atoms with van der Waals surface area (Å²) >= 11 is 6.19. The van der Waals surface area contributed by atoms with Gasteiger partial charge in [0.15, 0.2) is 0 Å². The molecule has 158 valence electrons. The van der Waals surface area contributed by atoms with Crippen LogP contribution in [0.15, 0.2) is 48.7 Å². The van der Waals surface area contributed by atoms with Gasteiger partial charge < -0.3 is 19.7 Å². The van der Waals surface area contributed by atoms with E-state index >= 15 is 0 Å². The molecule has 0 atom stereocenters. The summed E-state index contributed by atoms with van der Waals surface area (Å²) in [6.07, 6.45) is 2.53. The van der Waals surface area contributed by atoms with Crippen molar-refractivity contribution in [1.29, 1.82) is 0 Å². The second-order valence-corrected chi connectivity index (χ2v) is 7.90. The highest BCUT2D eigenvalue weighted by Crippen LogP contribution is 2.26. The predicted molar refractivity (Wildman–Crippen MR) is 121 cm³/mol. The lowest BCUT2D eigenvalue weighted by atomic mass is 10.1. The molecule has 0 aliphatic carbocycles. The molecule has 0 aliphatic rings. The third-order valence-corrected chi connectivity index (χ3v) is 5.55. The number of aryl methyl sites for hydroxylation is 4. The zero-order valence-corrected chi connectivity index (χ0v) is 18.3. The highest BCUT2D eigenvalue weighted by molar-refractivity contribution is 6.32. The molecule has 0 unspecified atom stereocenters. The second kappa shape index (κ2) is 9.72. The highest BCUT2D eigenvalue weighted by Gasteiger charge is 2.12. The summed E-state index contributed by atoms with van der Waals surface area (Å²) in [4.78, 5) is 11.6. The molecule has 2 aromatic carbocycles. The minimum absolute atomic E-state index is 0.264. The number of nitrogens with one attached hydrogen (secondary N) is 1. The number of hydrogen-bond acceptors (Lipinski definition) is 3. The van der Waals surface area contributed by atoms with Crippen molar-refractivity contribution in [3.05, 3.63) is 81.6 Å². The summed E-state index contributed by atoms with van der Waals surface area (Å²) in [5.41, 5.74) is 5.37. The number of anilines is 1. The minimum Gasteiger partial charge on any atom is -0.494 e. The van der Waals surface area contributed by atoms with Crippen LogP contribution in [0.25, 0.3) is 0 Å². The lowest BCUT2D eigenvalue weighted by Gasteiger charge is -2.11. The topological polar surface area (TPSA) is 63.5 Å². The second-order valence-electron chi connectivity index (χ2n) is 7.52. The molecule has 0 aliphatic heterocycles. The molecule has 0 fully saturated rings. The number of benzene rings is 2. The van der Waals surface area contributed by atoms with E-state index in [-0.39, 0.29) is 5.69 Å². The van der Waals surface area contributed by atoms with Gasteiger partial charge in [-0.3, -0.25) is 0 Å². The van der Waals surface area contributed by atoms with Crippen molar-refractivity contribution in [2.45, 2.75) is 40.3 Å². The number of ether oxygens (including phenoxy) is 1. The van der Waals surface area contributed by atoms with Crippen LogP contribution in [0.4, 0.5) is 5.69 Å². The Bertz CT molecular complexity index is 1000. The molecule has 3 aromatic rings. The van der Waals surface area contributed by atoms with Gasteiger partial charge in [0, 0.05) is 24.3 Å². The number of aromatic nitrogens is 1. The molecule has 1 heterocycles. The molecular formula is C24H27ClN2O3. The SMILES string of the molecule is Cc1ccc(CNc2cc(C(=O)O)n(CCCOc3cc(C)c(Cl)c(C)c3)c2)cc1. The van der Waals surface area contributed by atoms with Gasteiger partial charge in [-0.25, -0.2) is 4.79 Å². The molecule has 0 saturated heterocycles. The van der Waals surface area contributed by atoms with Gasteiger partial charge in [-0.15, -0.1) is 0 Å². The maximum absolute atomic E-state index is 11.6. The number of carboxylic acid groups (broad SMARTS) is 1. The predicted octanol–water partition coefficient (Wildman–Crippen LogP) is 5.85. The first-order valence-electron chi connectivity index (χ1n) is 9.96. The van der Waals surface area contributed by atoms with E-state index in [1.807, 2.05) is 32.2 Å². The maximum Gasteiger partial charge on any atom is 0.352 e. The molecule has 0 saturated carbocycles. The smallest absolute Gasteiger partial charge is 0.352 e. The molecule has 0 amide bonds. The van der Waals surface area contributed by atoms with Crippen LogP contribution >= 0.6 is 11.6 Å². The average Bonchev–Trinajstić information content (AvgIpc) is 3.12. The van der Waals surface area contributed by atoms with E-state index in [0.29, 0.717) is 26.1 Å². The largest absolute Gasteiger partial charge is 0.494 e. The van der Waals surface area contributed by atoms with Crippen molar-refractivity contribution in [3.8, 4) is 5.75 Å². The Hall–Kier alpha value is -2.92. The van der Waals surface area contributed by atoms with Crippen LogP contribution in [0.2, 0.25) is 5.02 Å². The molecule has 0 spiro atoms. The van der Waals surface area contributed by atoms with E-state index in [0.717, 1.165) is 33.1 Å². The van der Waals surface area contributed by atoms with E-state index in [9.17, 15) is 9.90 Å². The van der Waals surface area contributed by atoms with E-state index in [1.54, 1.807) is 10.6 Å². The van der Waals surface area contributed by atoms with Gasteiger partial charge in [0.05, 0.1) is 12.3 Å². The average molecular weight is 427 g/mol. The molecule has 30 heavy (non-hydrogen) atoms. The summed E-state index contributed by atoms with van der Waals surface area (Å²) in [5, 5.41) is 13.6. The van der Waals surface area contributed by atoms with Gasteiger partial charge in [0.25, 0.3) is 0 Å². The van der Waals surface area contributed by atoms with Crippen LogP contribution in [0, 0.1) is 20.8 Å². The third kappa shape index (κ3) is 5.57. The molecular weight excluding hydrogens is 400 g/mol. The zero-order chi connectivity index (χ0) is 21.7. The van der Waals surface area contributed by atoms with Crippen molar-refractivity contribution in [3.63, 3.8) is 0 Å². The van der Waals surface area contributed by atoms with Crippen molar-refractivity contribution >= 4 is 23.3 Å². The fourth-order valence-corrected chi connectivity index (χ4v) is 3.40. The van der Waals surface area contributed by atoms with Crippen LogP contribution in [0.1, 0.15) is 39.2 Å². The lowest BCUT2D eigenvalue weighted by Crippen LogP contribution is -2.10. The number of hydrogen-bond donors (Lipinski definition) is 2. The summed E-state index contributed by atoms with van der Waals surface area (Å²) in [6, 6.07) is 13.8. The molecule has 5 nitrogen and oxygen atoms in total. The number of rotatable bonds is 9. The van der Waals surface area contributed by atoms with E-state index in [2.05, 4.69) is 36.5 Å². The van der Waals surface area contributed by atoms with Crippen LogP contribution in [-0.2, 0) is 13.1 Å². The molecule has 1 aromatic heterocycles. The van der Waals surface area contributed by atoms with E-state index < -0.39 is 5.97 Å². The molecule has 2 N–H and O–H groups in total. The molecule has 0 bridgehead atoms. The van der Waals surface area contributed by atoms with Crippen molar-refractivity contribution in [1.82, 2.24) is 4.57 Å². The van der Waals surface area contributed by atoms with Gasteiger partial charge in [0.1, 0.15) is 11.4 Å². The van der Waals surface area contributed by atoms with Gasteiger partial charge >= 0.3 is 5.97 Å². The normalized spacial score (nSPS) is 10.8. The van der Waals surface area contributed by atoms with Crippen LogP contribution in [0.5, 0.6) is 5.75 Å². The van der Waals surface area contributed by atoms with Gasteiger partial charge in [-0.2, -0.15) is 0 Å². The Kier molecular flexibility index (Phi) is 7.06. The number of carboxylic acids is 1. The first kappa shape index (κ1) is 21.8. The van der Waals surface area contributed by atoms with Crippen LogP contribution in [-0.4, -0.2) is 22.2 Å². The van der Waals surface area contributed by atoms with Crippen molar-refractivity contribution in [2.24, 2.45) is 0 Å². The number of halogens is 1. The fourth-order valence-electron chi connectivity index (χ4n) is 3.30. The first-order chi connectivity index (χ1) is 14.3. The van der Waals surface area contributed by atoms with Crippen LogP contribution in [0.3, 0.4) is 0 Å². The molecule has 3 rings (SSSR count). The zero-order valence-electron chi connectivity index (χ0n) is 17.5. The van der Waals surface area contributed by atoms with Gasteiger partial charge in [0.2, 0.25) is 0 Å². The highest BCUT2D eigenvalue weighted by atomic mass is 35.5. The summed E-state index contributed by atoms with van der Waals surface area (Å²) in [6.45, 7) is 7.64. The van der Waals surface area contributed by atoms with Gasteiger partial charge in [-0.05, 0) is 62.1 Å². The first-order valence-corrected chi connectivity index (χ1v) is 10.3. The summed E-state index contributed by atoms with van der Waals surface area (Å²) < 4.78 is 7.58. The Morgan fingerprint density at radius 1 is 1.10 bits per heavy atom. The molecule has 0 radical (unpaired) electrons. The standard InChI is InChI=1S/C24H27ClN2O3/c1-16-5-7-19(8-6-16)14-26-20-13-22(24(28)29)27(15-20)9-4-10-30-21-11-17(2)23(25)18(3)12-21/h5-8,11-13,15,26H,4,9-10,14H2,1-3H3,(H,28,29). The number of carbonyl (C=O) groups is 1. The Morgan fingerprint density at radius 2 is 1.77 bits per heavy atom. The summed E-state index contributed by atoms with van der Waals surface area (Å²) in [7, 11) is 0.